The summed E-state index contributed by atoms with van der Waals surface area (Å²) in [5, 5.41) is 11.6. The second-order valence-electron chi connectivity index (χ2n) is 5.92. The minimum absolute atomic E-state index is 0.195. The lowest BCUT2D eigenvalue weighted by molar-refractivity contribution is 0.0591. The van der Waals surface area contributed by atoms with Gasteiger partial charge in [0.2, 0.25) is 0 Å². The van der Waals surface area contributed by atoms with Crippen LogP contribution in [0, 0.1) is 0 Å². The number of esters is 1. The van der Waals surface area contributed by atoms with E-state index in [-0.39, 0.29) is 5.54 Å². The number of rotatable bonds is 2. The summed E-state index contributed by atoms with van der Waals surface area (Å²) in [7, 11) is 1.38. The zero-order chi connectivity index (χ0) is 14.0. The fourth-order valence-corrected chi connectivity index (χ4v) is 2.49. The zero-order valence-electron chi connectivity index (χ0n) is 12.1. The summed E-state index contributed by atoms with van der Waals surface area (Å²) >= 11 is 0. The lowest BCUT2D eigenvalue weighted by atomic mass is 9.92. The third kappa shape index (κ3) is 2.78. The van der Waals surface area contributed by atoms with Crippen molar-refractivity contribution in [2.75, 3.05) is 20.2 Å². The van der Waals surface area contributed by atoms with Gasteiger partial charge in [0, 0.05) is 5.92 Å². The number of nitrogens with zero attached hydrogens (tertiary/aromatic N) is 3. The molecule has 0 spiro atoms. The number of ether oxygens (including phenoxy) is 1. The van der Waals surface area contributed by atoms with E-state index in [2.05, 4.69) is 36.4 Å². The van der Waals surface area contributed by atoms with Crippen LogP contribution in [0.2, 0.25) is 0 Å². The van der Waals surface area contributed by atoms with Gasteiger partial charge in [0.05, 0.1) is 18.3 Å². The standard InChI is InChI=1S/C13H22N4O2/c1-13(2,3)17-11(9-5-7-14-8-6-9)10(15-16-17)12(18)19-4/h9,14H,5-8H2,1-4H3. The smallest absolute Gasteiger partial charge is 0.360 e. The molecule has 6 nitrogen and oxygen atoms in total. The second-order valence-corrected chi connectivity index (χ2v) is 5.92. The summed E-state index contributed by atoms with van der Waals surface area (Å²) in [5.41, 5.74) is 1.09. The Morgan fingerprint density at radius 2 is 2.00 bits per heavy atom. The predicted molar refractivity (Wildman–Crippen MR) is 71.2 cm³/mol. The van der Waals surface area contributed by atoms with E-state index in [9.17, 15) is 4.79 Å². The molecule has 1 aromatic heterocycles. The first kappa shape index (κ1) is 14.0. The van der Waals surface area contributed by atoms with Gasteiger partial charge in [0.25, 0.3) is 0 Å². The van der Waals surface area contributed by atoms with Gasteiger partial charge in [0.1, 0.15) is 0 Å². The molecule has 0 radical (unpaired) electrons. The maximum Gasteiger partial charge on any atom is 0.360 e. The lowest BCUT2D eigenvalue weighted by Gasteiger charge is -2.28. The number of carbonyl (C=O) groups is 1. The first-order chi connectivity index (χ1) is 8.95. The Bertz CT molecular complexity index is 456. The summed E-state index contributed by atoms with van der Waals surface area (Å²) in [4.78, 5) is 11.9. The monoisotopic (exact) mass is 266 g/mol. The highest BCUT2D eigenvalue weighted by atomic mass is 16.5. The second kappa shape index (κ2) is 5.28. The van der Waals surface area contributed by atoms with E-state index in [1.807, 2.05) is 4.68 Å². The molecule has 2 heterocycles. The molecule has 0 amide bonds. The third-order valence-electron chi connectivity index (χ3n) is 3.44. The third-order valence-corrected chi connectivity index (χ3v) is 3.44. The molecule has 1 aromatic rings. The molecule has 1 fully saturated rings. The van der Waals surface area contributed by atoms with Gasteiger partial charge >= 0.3 is 5.97 Å². The van der Waals surface area contributed by atoms with Crippen molar-refractivity contribution in [1.29, 1.82) is 0 Å². The summed E-state index contributed by atoms with van der Waals surface area (Å²) in [6, 6.07) is 0. The van der Waals surface area contributed by atoms with Crippen LogP contribution in [0.3, 0.4) is 0 Å². The Morgan fingerprint density at radius 3 is 2.53 bits per heavy atom. The van der Waals surface area contributed by atoms with Gasteiger partial charge in [-0.25, -0.2) is 9.48 Å². The highest BCUT2D eigenvalue weighted by molar-refractivity contribution is 5.88. The van der Waals surface area contributed by atoms with Crippen LogP contribution >= 0.6 is 0 Å². The molecular weight excluding hydrogens is 244 g/mol. The van der Waals surface area contributed by atoms with E-state index in [0.29, 0.717) is 11.6 Å². The van der Waals surface area contributed by atoms with Gasteiger partial charge in [-0.2, -0.15) is 0 Å². The van der Waals surface area contributed by atoms with Crippen molar-refractivity contribution in [3.63, 3.8) is 0 Å². The summed E-state index contributed by atoms with van der Waals surface area (Å²) in [6.07, 6.45) is 1.99. The van der Waals surface area contributed by atoms with Crippen LogP contribution in [0.1, 0.15) is 55.7 Å². The molecule has 0 saturated carbocycles. The fraction of sp³-hybridized carbons (Fsp3) is 0.769. The fourth-order valence-electron chi connectivity index (χ4n) is 2.49. The molecule has 1 aliphatic rings. The molecule has 0 aliphatic carbocycles. The highest BCUT2D eigenvalue weighted by Gasteiger charge is 2.32. The van der Waals surface area contributed by atoms with Crippen molar-refractivity contribution in [3.8, 4) is 0 Å². The maximum absolute atomic E-state index is 11.9. The van der Waals surface area contributed by atoms with Crippen LogP contribution in [0.5, 0.6) is 0 Å². The van der Waals surface area contributed by atoms with Crippen LogP contribution in [0.15, 0.2) is 0 Å². The molecule has 2 rings (SSSR count). The Kier molecular flexibility index (Phi) is 3.89. The van der Waals surface area contributed by atoms with Crippen molar-refractivity contribution in [3.05, 3.63) is 11.4 Å². The van der Waals surface area contributed by atoms with Crippen molar-refractivity contribution in [1.82, 2.24) is 20.3 Å². The molecule has 0 atom stereocenters. The largest absolute Gasteiger partial charge is 0.464 e. The number of hydrogen-bond donors (Lipinski definition) is 1. The SMILES string of the molecule is COC(=O)c1nnn(C(C)(C)C)c1C1CCNCC1. The average Bonchev–Trinajstić information content (AvgIpc) is 2.83. The molecule has 1 saturated heterocycles. The molecule has 0 bridgehead atoms. The Hall–Kier alpha value is -1.43. The van der Waals surface area contributed by atoms with Crippen LogP contribution in [0.25, 0.3) is 0 Å². The van der Waals surface area contributed by atoms with Gasteiger partial charge in [-0.1, -0.05) is 5.21 Å². The topological polar surface area (TPSA) is 69.0 Å². The first-order valence-electron chi connectivity index (χ1n) is 6.70. The maximum atomic E-state index is 11.9. The Labute approximate surface area is 113 Å². The van der Waals surface area contributed by atoms with Crippen LogP contribution in [-0.4, -0.2) is 41.2 Å². The van der Waals surface area contributed by atoms with E-state index >= 15 is 0 Å². The molecule has 0 unspecified atom stereocenters. The van der Waals surface area contributed by atoms with E-state index in [1.54, 1.807) is 0 Å². The first-order valence-corrected chi connectivity index (χ1v) is 6.70. The number of piperidine rings is 1. The minimum Gasteiger partial charge on any atom is -0.464 e. The van der Waals surface area contributed by atoms with Gasteiger partial charge in [-0.3, -0.25) is 0 Å². The molecular formula is C13H22N4O2. The summed E-state index contributed by atoms with van der Waals surface area (Å²) in [5.74, 6) is -0.0893. The van der Waals surface area contributed by atoms with E-state index in [4.69, 9.17) is 4.74 Å². The van der Waals surface area contributed by atoms with E-state index in [0.717, 1.165) is 31.6 Å². The van der Waals surface area contributed by atoms with Gasteiger partial charge in [-0.05, 0) is 46.7 Å². The molecule has 106 valence electrons. The molecule has 19 heavy (non-hydrogen) atoms. The van der Waals surface area contributed by atoms with Gasteiger partial charge in [0.15, 0.2) is 5.69 Å². The van der Waals surface area contributed by atoms with Crippen LogP contribution < -0.4 is 5.32 Å². The molecule has 1 N–H and O–H groups in total. The number of hydrogen-bond acceptors (Lipinski definition) is 5. The molecule has 0 aromatic carbocycles. The minimum atomic E-state index is -0.399. The highest BCUT2D eigenvalue weighted by Crippen LogP contribution is 2.30. The molecule has 1 aliphatic heterocycles. The van der Waals surface area contributed by atoms with Crippen molar-refractivity contribution in [2.24, 2.45) is 0 Å². The number of methoxy groups -OCH3 is 1. The average molecular weight is 266 g/mol. The normalized spacial score (nSPS) is 17.5. The quantitative estimate of drug-likeness (QED) is 0.817. The van der Waals surface area contributed by atoms with Gasteiger partial charge < -0.3 is 10.1 Å². The predicted octanol–water partition coefficient (Wildman–Crippen LogP) is 1.29. The lowest BCUT2D eigenvalue weighted by Crippen LogP contribution is -2.32. The Balaban J connectivity index is 2.45. The van der Waals surface area contributed by atoms with E-state index < -0.39 is 5.97 Å². The number of carbonyl (C=O) groups excluding carboxylic acids is 1. The van der Waals surface area contributed by atoms with Crippen molar-refractivity contribution >= 4 is 5.97 Å². The van der Waals surface area contributed by atoms with E-state index in [1.165, 1.54) is 7.11 Å². The Morgan fingerprint density at radius 1 is 1.37 bits per heavy atom. The zero-order valence-corrected chi connectivity index (χ0v) is 12.1. The van der Waals surface area contributed by atoms with Crippen LogP contribution in [-0.2, 0) is 10.3 Å². The van der Waals surface area contributed by atoms with Crippen molar-refractivity contribution < 1.29 is 9.53 Å². The summed E-state index contributed by atoms with van der Waals surface area (Å²) < 4.78 is 6.69. The summed E-state index contributed by atoms with van der Waals surface area (Å²) in [6.45, 7) is 8.11. The van der Waals surface area contributed by atoms with Crippen molar-refractivity contribution in [2.45, 2.75) is 45.1 Å². The molecule has 6 heteroatoms. The number of nitrogens with one attached hydrogen (secondary N) is 1. The van der Waals surface area contributed by atoms with Gasteiger partial charge in [-0.15, -0.1) is 5.10 Å². The number of aromatic nitrogens is 3. The van der Waals surface area contributed by atoms with Crippen LogP contribution in [0.4, 0.5) is 0 Å².